The molecule has 2 heterocycles. The monoisotopic (exact) mass is 357 g/mol. The Morgan fingerprint density at radius 3 is 2.72 bits per heavy atom. The van der Waals surface area contributed by atoms with Crippen LogP contribution in [0.15, 0.2) is 58.3 Å². The van der Waals surface area contributed by atoms with Crippen molar-refractivity contribution in [3.05, 3.63) is 54.5 Å². The fourth-order valence-electron chi connectivity index (χ4n) is 2.34. The van der Waals surface area contributed by atoms with Crippen molar-refractivity contribution in [1.29, 1.82) is 0 Å². The van der Waals surface area contributed by atoms with Gasteiger partial charge in [-0.15, -0.1) is 10.2 Å². The third-order valence-corrected chi connectivity index (χ3v) is 4.60. The van der Waals surface area contributed by atoms with Crippen molar-refractivity contribution in [3.63, 3.8) is 0 Å². The summed E-state index contributed by atoms with van der Waals surface area (Å²) in [6.45, 7) is 4.44. The van der Waals surface area contributed by atoms with Crippen LogP contribution in [-0.4, -0.2) is 32.6 Å². The second-order valence-corrected chi connectivity index (χ2v) is 6.66. The average molecular weight is 357 g/mol. The highest BCUT2D eigenvalue weighted by molar-refractivity contribution is 8.00. The molecule has 0 fully saturated rings. The van der Waals surface area contributed by atoms with Crippen LogP contribution in [0, 0.1) is 0 Å². The molecule has 0 spiro atoms. The Kier molecular flexibility index (Phi) is 5.55. The van der Waals surface area contributed by atoms with E-state index in [1.807, 2.05) is 47.0 Å². The Hall–Kier alpha value is -2.54. The fourth-order valence-corrected chi connectivity index (χ4v) is 3.19. The molecule has 0 amide bonds. The molecule has 1 atom stereocenters. The number of hydrogen-bond acceptors (Lipinski definition) is 6. The SMILES string of the molecule is CCOC(=O)[C@@H](C)Sc1nnc(-c2ccccc2)n1Cc1ccco1. The molecule has 2 aromatic heterocycles. The number of hydrogen-bond donors (Lipinski definition) is 0. The van der Waals surface area contributed by atoms with E-state index in [0.717, 1.165) is 17.1 Å². The number of carbonyl (C=O) groups excluding carboxylic acids is 1. The van der Waals surface area contributed by atoms with Gasteiger partial charge in [0.1, 0.15) is 11.0 Å². The van der Waals surface area contributed by atoms with Gasteiger partial charge in [0.25, 0.3) is 0 Å². The van der Waals surface area contributed by atoms with E-state index in [-0.39, 0.29) is 11.2 Å². The summed E-state index contributed by atoms with van der Waals surface area (Å²) in [5.41, 5.74) is 0.956. The van der Waals surface area contributed by atoms with Crippen LogP contribution in [0.4, 0.5) is 0 Å². The van der Waals surface area contributed by atoms with Gasteiger partial charge in [-0.05, 0) is 26.0 Å². The standard InChI is InChI=1S/C18H19N3O3S/c1-3-23-17(22)13(2)25-18-20-19-16(14-8-5-4-6-9-14)21(18)12-15-10-7-11-24-15/h4-11,13H,3,12H2,1-2H3/t13-/m1/s1. The number of benzene rings is 1. The molecule has 1 aromatic carbocycles. The van der Waals surface area contributed by atoms with Gasteiger partial charge in [-0.25, -0.2) is 0 Å². The molecule has 0 bridgehead atoms. The topological polar surface area (TPSA) is 70.2 Å². The molecule has 25 heavy (non-hydrogen) atoms. The predicted octanol–water partition coefficient (Wildman–Crippen LogP) is 3.63. The van der Waals surface area contributed by atoms with Crippen molar-refractivity contribution in [2.75, 3.05) is 6.61 Å². The molecule has 3 rings (SSSR count). The van der Waals surface area contributed by atoms with Gasteiger partial charge in [0.05, 0.1) is 19.4 Å². The molecule has 0 aliphatic heterocycles. The molecule has 0 saturated heterocycles. The maximum absolute atomic E-state index is 11.9. The first-order chi connectivity index (χ1) is 12.2. The summed E-state index contributed by atoms with van der Waals surface area (Å²) >= 11 is 1.33. The maximum Gasteiger partial charge on any atom is 0.319 e. The molecule has 0 unspecified atom stereocenters. The van der Waals surface area contributed by atoms with E-state index in [4.69, 9.17) is 9.15 Å². The Balaban J connectivity index is 1.92. The molecule has 0 saturated carbocycles. The van der Waals surface area contributed by atoms with Gasteiger partial charge < -0.3 is 9.15 Å². The second kappa shape index (κ2) is 8.02. The van der Waals surface area contributed by atoms with Gasteiger partial charge in [-0.1, -0.05) is 42.1 Å². The molecule has 3 aromatic rings. The lowest BCUT2D eigenvalue weighted by Crippen LogP contribution is -2.17. The molecular formula is C18H19N3O3S. The minimum Gasteiger partial charge on any atom is -0.467 e. The van der Waals surface area contributed by atoms with Crippen molar-refractivity contribution in [1.82, 2.24) is 14.8 Å². The smallest absolute Gasteiger partial charge is 0.319 e. The fraction of sp³-hybridized carbons (Fsp3) is 0.278. The largest absolute Gasteiger partial charge is 0.467 e. The number of carbonyl (C=O) groups is 1. The van der Waals surface area contributed by atoms with Gasteiger partial charge >= 0.3 is 5.97 Å². The summed E-state index contributed by atoms with van der Waals surface area (Å²) < 4.78 is 12.5. The van der Waals surface area contributed by atoms with Crippen LogP contribution in [0.1, 0.15) is 19.6 Å². The van der Waals surface area contributed by atoms with Gasteiger partial charge in [0.15, 0.2) is 11.0 Å². The van der Waals surface area contributed by atoms with E-state index in [9.17, 15) is 4.79 Å². The zero-order valence-electron chi connectivity index (χ0n) is 14.1. The number of nitrogens with zero attached hydrogens (tertiary/aromatic N) is 3. The number of esters is 1. The van der Waals surface area contributed by atoms with E-state index >= 15 is 0 Å². The summed E-state index contributed by atoms with van der Waals surface area (Å²) in [4.78, 5) is 11.9. The van der Waals surface area contributed by atoms with E-state index < -0.39 is 0 Å². The minimum absolute atomic E-state index is 0.263. The van der Waals surface area contributed by atoms with Crippen LogP contribution in [0.5, 0.6) is 0 Å². The molecule has 6 nitrogen and oxygen atoms in total. The molecule has 130 valence electrons. The lowest BCUT2D eigenvalue weighted by Gasteiger charge is -2.12. The first-order valence-corrected chi connectivity index (χ1v) is 8.91. The van der Waals surface area contributed by atoms with Crippen molar-refractivity contribution < 1.29 is 13.9 Å². The maximum atomic E-state index is 11.9. The second-order valence-electron chi connectivity index (χ2n) is 5.35. The number of furan rings is 1. The Bertz CT molecular complexity index is 815. The first-order valence-electron chi connectivity index (χ1n) is 8.03. The summed E-state index contributed by atoms with van der Waals surface area (Å²) in [5.74, 6) is 1.26. The van der Waals surface area contributed by atoms with Gasteiger partial charge in [-0.3, -0.25) is 9.36 Å². The molecule has 0 aliphatic carbocycles. The van der Waals surface area contributed by atoms with Crippen molar-refractivity contribution >= 4 is 17.7 Å². The third-order valence-electron chi connectivity index (χ3n) is 3.54. The summed E-state index contributed by atoms with van der Waals surface area (Å²) in [7, 11) is 0. The molecule has 0 N–H and O–H groups in total. The predicted molar refractivity (Wildman–Crippen MR) is 95.2 cm³/mol. The van der Waals surface area contributed by atoms with E-state index in [1.165, 1.54) is 11.8 Å². The van der Waals surface area contributed by atoms with Crippen molar-refractivity contribution in [2.24, 2.45) is 0 Å². The highest BCUT2D eigenvalue weighted by Gasteiger charge is 2.22. The molecule has 0 aliphatic rings. The summed E-state index contributed by atoms with van der Waals surface area (Å²) in [6, 6.07) is 13.6. The van der Waals surface area contributed by atoms with Gasteiger partial charge in [-0.2, -0.15) is 0 Å². The van der Waals surface area contributed by atoms with Crippen LogP contribution < -0.4 is 0 Å². The Morgan fingerprint density at radius 2 is 2.04 bits per heavy atom. The van der Waals surface area contributed by atoms with Crippen LogP contribution in [-0.2, 0) is 16.1 Å². The Labute approximate surface area is 150 Å². The van der Waals surface area contributed by atoms with Crippen LogP contribution in [0.25, 0.3) is 11.4 Å². The lowest BCUT2D eigenvalue weighted by atomic mass is 10.2. The highest BCUT2D eigenvalue weighted by Crippen LogP contribution is 2.28. The summed E-state index contributed by atoms with van der Waals surface area (Å²) in [6.07, 6.45) is 1.63. The van der Waals surface area contributed by atoms with Crippen LogP contribution >= 0.6 is 11.8 Å². The number of aromatic nitrogens is 3. The molecular weight excluding hydrogens is 338 g/mol. The lowest BCUT2D eigenvalue weighted by molar-refractivity contribution is -0.142. The van der Waals surface area contributed by atoms with Crippen LogP contribution in [0.3, 0.4) is 0 Å². The van der Waals surface area contributed by atoms with Gasteiger partial charge in [0.2, 0.25) is 0 Å². The highest BCUT2D eigenvalue weighted by atomic mass is 32.2. The first kappa shape index (κ1) is 17.3. The molecule has 0 radical (unpaired) electrons. The summed E-state index contributed by atoms with van der Waals surface area (Å²) in [5, 5.41) is 8.88. The number of rotatable bonds is 7. The minimum atomic E-state index is -0.372. The van der Waals surface area contributed by atoms with Crippen molar-refractivity contribution in [2.45, 2.75) is 30.8 Å². The quantitative estimate of drug-likeness (QED) is 0.475. The average Bonchev–Trinajstić information content (AvgIpc) is 3.27. The normalized spacial score (nSPS) is 12.1. The number of ether oxygens (including phenoxy) is 1. The van der Waals surface area contributed by atoms with E-state index in [1.54, 1.807) is 20.1 Å². The van der Waals surface area contributed by atoms with Gasteiger partial charge in [0, 0.05) is 5.56 Å². The number of thioether (sulfide) groups is 1. The van der Waals surface area contributed by atoms with Crippen LogP contribution in [0.2, 0.25) is 0 Å². The van der Waals surface area contributed by atoms with Crippen molar-refractivity contribution in [3.8, 4) is 11.4 Å². The van der Waals surface area contributed by atoms with E-state index in [0.29, 0.717) is 18.3 Å². The zero-order valence-corrected chi connectivity index (χ0v) is 14.9. The zero-order chi connectivity index (χ0) is 17.6. The third kappa shape index (κ3) is 4.11. The molecule has 7 heteroatoms. The Morgan fingerprint density at radius 1 is 1.24 bits per heavy atom. The van der Waals surface area contributed by atoms with E-state index in [2.05, 4.69) is 10.2 Å².